The van der Waals surface area contributed by atoms with E-state index in [0.717, 1.165) is 16.5 Å². The predicted molar refractivity (Wildman–Crippen MR) is 96.3 cm³/mol. The topological polar surface area (TPSA) is 91.5 Å². The van der Waals surface area contributed by atoms with Gasteiger partial charge in [0.2, 0.25) is 11.8 Å². The van der Waals surface area contributed by atoms with Crippen LogP contribution in [0.1, 0.15) is 18.9 Å². The number of esters is 1. The van der Waals surface area contributed by atoms with Gasteiger partial charge in [-0.3, -0.25) is 14.4 Å². The summed E-state index contributed by atoms with van der Waals surface area (Å²) >= 11 is 0. The van der Waals surface area contributed by atoms with Gasteiger partial charge < -0.3 is 19.9 Å². The van der Waals surface area contributed by atoms with Crippen LogP contribution >= 0.6 is 0 Å². The maximum absolute atomic E-state index is 13.5. The van der Waals surface area contributed by atoms with Crippen molar-refractivity contribution in [2.75, 3.05) is 26.2 Å². The molecule has 1 fully saturated rings. The number of fused-ring (bicyclic) bond motifs is 1. The summed E-state index contributed by atoms with van der Waals surface area (Å²) in [6.07, 6.45) is 2.50. The average molecular weight is 375 g/mol. The predicted octanol–water partition coefficient (Wildman–Crippen LogP) is 1.38. The van der Waals surface area contributed by atoms with Gasteiger partial charge in [0.1, 0.15) is 12.4 Å². The number of hydrogen-bond donors (Lipinski definition) is 2. The number of nitrogens with zero attached hydrogens (tertiary/aromatic N) is 1. The first-order valence-corrected chi connectivity index (χ1v) is 8.94. The number of ether oxygens (including phenoxy) is 1. The largest absolute Gasteiger partial charge is 0.465 e. The molecule has 144 valence electrons. The van der Waals surface area contributed by atoms with E-state index < -0.39 is 11.9 Å². The van der Waals surface area contributed by atoms with E-state index in [4.69, 9.17) is 4.74 Å². The Bertz CT molecular complexity index is 864. The molecule has 3 rings (SSSR count). The number of aromatic nitrogens is 1. The fourth-order valence-corrected chi connectivity index (χ4v) is 3.29. The molecular weight excluding hydrogens is 353 g/mol. The molecule has 2 amide bonds. The zero-order valence-corrected chi connectivity index (χ0v) is 15.1. The van der Waals surface area contributed by atoms with Gasteiger partial charge in [-0.25, -0.2) is 4.39 Å². The fraction of sp³-hybridized carbons (Fsp3) is 0.421. The molecule has 8 heteroatoms. The molecule has 1 unspecified atom stereocenters. The number of carbonyl (C=O) groups is 3. The van der Waals surface area contributed by atoms with Crippen molar-refractivity contribution in [3.63, 3.8) is 0 Å². The zero-order chi connectivity index (χ0) is 19.4. The van der Waals surface area contributed by atoms with Crippen LogP contribution in [0.4, 0.5) is 4.39 Å². The Morgan fingerprint density at radius 2 is 2.22 bits per heavy atom. The summed E-state index contributed by atoms with van der Waals surface area (Å²) in [5.41, 5.74) is 1.77. The van der Waals surface area contributed by atoms with Crippen molar-refractivity contribution < 1.29 is 23.5 Å². The van der Waals surface area contributed by atoms with Crippen molar-refractivity contribution in [1.82, 2.24) is 15.2 Å². The van der Waals surface area contributed by atoms with Crippen molar-refractivity contribution >= 4 is 28.7 Å². The number of H-pyrrole nitrogens is 1. The number of amides is 2. The van der Waals surface area contributed by atoms with Crippen LogP contribution in [0.5, 0.6) is 0 Å². The van der Waals surface area contributed by atoms with Gasteiger partial charge >= 0.3 is 5.97 Å². The van der Waals surface area contributed by atoms with Crippen LogP contribution in [0.3, 0.4) is 0 Å². The third kappa shape index (κ3) is 4.45. The molecule has 2 N–H and O–H groups in total. The minimum atomic E-state index is -0.501. The van der Waals surface area contributed by atoms with Crippen LogP contribution in [0.25, 0.3) is 10.9 Å². The lowest BCUT2D eigenvalue weighted by Gasteiger charge is -2.16. The van der Waals surface area contributed by atoms with Gasteiger partial charge in [-0.05, 0) is 37.1 Å². The van der Waals surface area contributed by atoms with Gasteiger partial charge in [0.05, 0.1) is 12.5 Å². The van der Waals surface area contributed by atoms with Gasteiger partial charge in [0.25, 0.3) is 0 Å². The van der Waals surface area contributed by atoms with E-state index in [1.54, 1.807) is 17.9 Å². The fourth-order valence-electron chi connectivity index (χ4n) is 3.29. The highest BCUT2D eigenvalue weighted by molar-refractivity contribution is 5.90. The van der Waals surface area contributed by atoms with E-state index in [-0.39, 0.29) is 37.2 Å². The highest BCUT2D eigenvalue weighted by Crippen LogP contribution is 2.22. The Kier molecular flexibility index (Phi) is 5.73. The SMILES string of the molecule is CCOC(=O)CNC(=O)C1CC(=O)N(CCc2c[nH]c3ccc(F)cc23)C1. The lowest BCUT2D eigenvalue weighted by atomic mass is 10.1. The molecule has 0 bridgehead atoms. The molecule has 1 atom stereocenters. The van der Waals surface area contributed by atoms with Crippen molar-refractivity contribution in [2.45, 2.75) is 19.8 Å². The van der Waals surface area contributed by atoms with Gasteiger partial charge in [0.15, 0.2) is 0 Å². The number of nitrogens with one attached hydrogen (secondary N) is 2. The Hall–Kier alpha value is -2.90. The Morgan fingerprint density at radius 3 is 3.00 bits per heavy atom. The molecule has 1 saturated heterocycles. The third-order valence-corrected chi connectivity index (χ3v) is 4.68. The van der Waals surface area contributed by atoms with Crippen LogP contribution < -0.4 is 5.32 Å². The first-order chi connectivity index (χ1) is 13.0. The first-order valence-electron chi connectivity index (χ1n) is 8.94. The van der Waals surface area contributed by atoms with E-state index in [1.807, 2.05) is 6.20 Å². The van der Waals surface area contributed by atoms with Gasteiger partial charge in [-0.2, -0.15) is 0 Å². The van der Waals surface area contributed by atoms with Crippen molar-refractivity contribution in [1.29, 1.82) is 0 Å². The number of aromatic amines is 1. The van der Waals surface area contributed by atoms with Gasteiger partial charge in [-0.15, -0.1) is 0 Å². The molecule has 0 radical (unpaired) electrons. The van der Waals surface area contributed by atoms with Crippen molar-refractivity contribution in [3.05, 3.63) is 35.8 Å². The van der Waals surface area contributed by atoms with Crippen LogP contribution in [0, 0.1) is 11.7 Å². The minimum Gasteiger partial charge on any atom is -0.465 e. The number of halogens is 1. The van der Waals surface area contributed by atoms with Crippen LogP contribution in [-0.2, 0) is 25.5 Å². The smallest absolute Gasteiger partial charge is 0.325 e. The highest BCUT2D eigenvalue weighted by Gasteiger charge is 2.34. The molecule has 1 aromatic heterocycles. The second-order valence-corrected chi connectivity index (χ2v) is 6.52. The van der Waals surface area contributed by atoms with Gasteiger partial charge in [0, 0.05) is 36.6 Å². The molecule has 7 nitrogen and oxygen atoms in total. The molecule has 1 aromatic carbocycles. The van der Waals surface area contributed by atoms with E-state index in [2.05, 4.69) is 10.3 Å². The number of carbonyl (C=O) groups excluding carboxylic acids is 3. The summed E-state index contributed by atoms with van der Waals surface area (Å²) in [4.78, 5) is 40.4. The lowest BCUT2D eigenvalue weighted by Crippen LogP contribution is -2.36. The van der Waals surface area contributed by atoms with Crippen LogP contribution in [0.2, 0.25) is 0 Å². The number of hydrogen-bond acceptors (Lipinski definition) is 4. The van der Waals surface area contributed by atoms with Gasteiger partial charge in [-0.1, -0.05) is 0 Å². The molecular formula is C19H22FN3O4. The average Bonchev–Trinajstić information content (AvgIpc) is 3.21. The lowest BCUT2D eigenvalue weighted by molar-refractivity contribution is -0.143. The Morgan fingerprint density at radius 1 is 1.41 bits per heavy atom. The molecule has 1 aliphatic rings. The number of rotatable bonds is 7. The standard InChI is InChI=1S/C19H22FN3O4/c1-2-27-18(25)10-22-19(26)13-7-17(24)23(11-13)6-5-12-9-21-16-4-3-14(20)8-15(12)16/h3-4,8-9,13,21H,2,5-7,10-11H2,1H3,(H,22,26). The summed E-state index contributed by atoms with van der Waals surface area (Å²) in [6.45, 7) is 2.50. The number of likely N-dealkylation sites (tertiary alicyclic amines) is 1. The van der Waals surface area contributed by atoms with E-state index >= 15 is 0 Å². The Labute approximate surface area is 155 Å². The molecule has 0 aliphatic carbocycles. The van der Waals surface area contributed by atoms with E-state index in [9.17, 15) is 18.8 Å². The zero-order valence-electron chi connectivity index (χ0n) is 15.1. The molecule has 0 spiro atoms. The van der Waals surface area contributed by atoms with E-state index in [1.165, 1.54) is 12.1 Å². The Balaban J connectivity index is 1.54. The van der Waals surface area contributed by atoms with Crippen molar-refractivity contribution in [2.24, 2.45) is 5.92 Å². The normalized spacial score (nSPS) is 16.7. The molecule has 27 heavy (non-hydrogen) atoms. The maximum Gasteiger partial charge on any atom is 0.325 e. The van der Waals surface area contributed by atoms with E-state index in [0.29, 0.717) is 19.5 Å². The van der Waals surface area contributed by atoms with Crippen LogP contribution in [-0.4, -0.2) is 53.9 Å². The summed E-state index contributed by atoms with van der Waals surface area (Å²) in [7, 11) is 0. The molecule has 0 saturated carbocycles. The summed E-state index contributed by atoms with van der Waals surface area (Å²) in [5, 5.41) is 3.31. The second kappa shape index (κ2) is 8.20. The quantitative estimate of drug-likeness (QED) is 0.715. The summed E-state index contributed by atoms with van der Waals surface area (Å²) in [6, 6.07) is 4.55. The monoisotopic (exact) mass is 375 g/mol. The first kappa shape index (κ1) is 18.9. The maximum atomic E-state index is 13.5. The molecule has 1 aliphatic heterocycles. The molecule has 2 aromatic rings. The molecule has 2 heterocycles. The summed E-state index contributed by atoms with van der Waals surface area (Å²) in [5.74, 6) is -1.71. The minimum absolute atomic E-state index is 0.0997. The summed E-state index contributed by atoms with van der Waals surface area (Å²) < 4.78 is 18.2. The van der Waals surface area contributed by atoms with Crippen molar-refractivity contribution in [3.8, 4) is 0 Å². The third-order valence-electron chi connectivity index (χ3n) is 4.68. The highest BCUT2D eigenvalue weighted by atomic mass is 19.1. The number of benzene rings is 1. The van der Waals surface area contributed by atoms with Crippen LogP contribution in [0.15, 0.2) is 24.4 Å². The second-order valence-electron chi connectivity index (χ2n) is 6.52.